The molecule has 0 radical (unpaired) electrons. The summed E-state index contributed by atoms with van der Waals surface area (Å²) >= 11 is 0. The fourth-order valence-electron chi connectivity index (χ4n) is 1.69. The molecule has 5 heteroatoms. The summed E-state index contributed by atoms with van der Waals surface area (Å²) in [5, 5.41) is 0.996. The fraction of sp³-hybridized carbons (Fsp3) is 0.167. The van der Waals surface area contributed by atoms with E-state index >= 15 is 0 Å². The Kier molecular flexibility index (Phi) is 3.09. The highest BCUT2D eigenvalue weighted by Crippen LogP contribution is 2.17. The third-order valence-electron chi connectivity index (χ3n) is 2.52. The zero-order valence-electron chi connectivity index (χ0n) is 9.10. The predicted molar refractivity (Wildman–Crippen MR) is 62.5 cm³/mol. The summed E-state index contributed by atoms with van der Waals surface area (Å²) in [6, 6.07) is 7.18. The Hall–Kier alpha value is -2.30. The average molecular weight is 232 g/mol. The van der Waals surface area contributed by atoms with Gasteiger partial charge in [0.05, 0.1) is 6.61 Å². The molecule has 5 nitrogen and oxygen atoms in total. The van der Waals surface area contributed by atoms with Crippen molar-refractivity contribution in [3.8, 4) is 0 Å². The van der Waals surface area contributed by atoms with Gasteiger partial charge in [-0.05, 0) is 23.6 Å². The Morgan fingerprint density at radius 1 is 1.41 bits per heavy atom. The minimum Gasteiger partial charge on any atom is -0.467 e. The van der Waals surface area contributed by atoms with Crippen LogP contribution in [0.4, 0.5) is 0 Å². The maximum absolute atomic E-state index is 11.0. The van der Waals surface area contributed by atoms with Crippen LogP contribution >= 0.6 is 0 Å². The van der Waals surface area contributed by atoms with Gasteiger partial charge in [-0.25, -0.2) is 0 Å². The molecule has 1 amide bonds. The van der Waals surface area contributed by atoms with E-state index in [4.69, 9.17) is 5.73 Å². The first-order valence-corrected chi connectivity index (χ1v) is 5.17. The molecule has 0 aliphatic rings. The summed E-state index contributed by atoms with van der Waals surface area (Å²) in [4.78, 5) is 24.2. The molecule has 0 aliphatic heterocycles. The Morgan fingerprint density at radius 2 is 2.24 bits per heavy atom. The monoisotopic (exact) mass is 232 g/mol. The van der Waals surface area contributed by atoms with Crippen molar-refractivity contribution < 1.29 is 14.3 Å². The van der Waals surface area contributed by atoms with E-state index in [-0.39, 0.29) is 0 Å². The normalized spacial score (nSPS) is 10.4. The van der Waals surface area contributed by atoms with Crippen molar-refractivity contribution in [2.24, 2.45) is 5.73 Å². The lowest BCUT2D eigenvalue weighted by Gasteiger charge is -1.95. The number of H-pyrrole nitrogens is 1. The topological polar surface area (TPSA) is 85.2 Å². The summed E-state index contributed by atoms with van der Waals surface area (Å²) in [7, 11) is 0. The van der Waals surface area contributed by atoms with E-state index in [2.05, 4.69) is 9.72 Å². The van der Waals surface area contributed by atoms with Gasteiger partial charge in [-0.3, -0.25) is 9.59 Å². The van der Waals surface area contributed by atoms with Crippen LogP contribution in [0.1, 0.15) is 16.1 Å². The van der Waals surface area contributed by atoms with Gasteiger partial charge < -0.3 is 15.5 Å². The van der Waals surface area contributed by atoms with E-state index in [0.717, 1.165) is 16.6 Å². The van der Waals surface area contributed by atoms with Crippen molar-refractivity contribution in [2.75, 3.05) is 6.61 Å². The summed E-state index contributed by atoms with van der Waals surface area (Å²) in [5.74, 6) is -0.452. The minimum atomic E-state index is -0.452. The van der Waals surface area contributed by atoms with Gasteiger partial charge in [-0.1, -0.05) is 6.07 Å². The van der Waals surface area contributed by atoms with Crippen molar-refractivity contribution in [2.45, 2.75) is 6.42 Å². The van der Waals surface area contributed by atoms with Gasteiger partial charge in [0.2, 0.25) is 5.91 Å². The molecule has 0 aliphatic carbocycles. The number of carbonyl (C=O) groups excluding carboxylic acids is 2. The van der Waals surface area contributed by atoms with Crippen LogP contribution in [0.3, 0.4) is 0 Å². The molecule has 17 heavy (non-hydrogen) atoms. The summed E-state index contributed by atoms with van der Waals surface area (Å²) < 4.78 is 4.62. The number of rotatable bonds is 5. The van der Waals surface area contributed by atoms with E-state index in [9.17, 15) is 9.59 Å². The summed E-state index contributed by atoms with van der Waals surface area (Å²) in [6.07, 6.45) is 0.610. The van der Waals surface area contributed by atoms with Crippen molar-refractivity contribution in [3.63, 3.8) is 0 Å². The maximum Gasteiger partial charge on any atom is 0.293 e. The number of aromatic amines is 1. The summed E-state index contributed by atoms with van der Waals surface area (Å²) in [5.41, 5.74) is 7.46. The molecule has 0 atom stereocenters. The first kappa shape index (κ1) is 11.2. The van der Waals surface area contributed by atoms with Crippen LogP contribution in [0.5, 0.6) is 0 Å². The highest BCUT2D eigenvalue weighted by atomic mass is 16.5. The lowest BCUT2D eigenvalue weighted by Crippen LogP contribution is -2.10. The molecule has 0 unspecified atom stereocenters. The van der Waals surface area contributed by atoms with Crippen LogP contribution in [0.2, 0.25) is 0 Å². The van der Waals surface area contributed by atoms with Gasteiger partial charge in [0, 0.05) is 23.2 Å². The molecule has 1 aromatic carbocycles. The second-order valence-electron chi connectivity index (χ2n) is 3.68. The van der Waals surface area contributed by atoms with E-state index in [1.807, 2.05) is 12.1 Å². The molecule has 0 saturated heterocycles. The lowest BCUT2D eigenvalue weighted by atomic mass is 10.1. The first-order chi connectivity index (χ1) is 8.20. The molecule has 0 saturated carbocycles. The van der Waals surface area contributed by atoms with Crippen molar-refractivity contribution >= 4 is 23.3 Å². The highest BCUT2D eigenvalue weighted by molar-refractivity contribution is 5.96. The number of hydrogen-bond donors (Lipinski definition) is 2. The Bertz CT molecular complexity index is 560. The number of nitrogens with two attached hydrogens (primary N) is 1. The number of benzene rings is 1. The van der Waals surface area contributed by atoms with Gasteiger partial charge in [0.15, 0.2) is 0 Å². The number of fused-ring (bicyclic) bond motifs is 1. The number of ether oxygens (including phenoxy) is 1. The fourth-order valence-corrected chi connectivity index (χ4v) is 1.69. The highest BCUT2D eigenvalue weighted by Gasteiger charge is 2.05. The van der Waals surface area contributed by atoms with Gasteiger partial charge in [0.25, 0.3) is 6.47 Å². The average Bonchev–Trinajstić information content (AvgIpc) is 2.70. The Morgan fingerprint density at radius 3 is 2.94 bits per heavy atom. The molecule has 0 bridgehead atoms. The molecule has 2 rings (SSSR count). The number of primary amides is 1. The van der Waals surface area contributed by atoms with E-state index in [1.54, 1.807) is 12.1 Å². The SMILES string of the molecule is NC(=O)c1ccc2cc(CCOC=O)[nH]c2c1. The number of nitrogens with one attached hydrogen (secondary N) is 1. The van der Waals surface area contributed by atoms with Crippen LogP contribution in [-0.2, 0) is 16.0 Å². The Labute approximate surface area is 97.6 Å². The van der Waals surface area contributed by atoms with Crippen LogP contribution < -0.4 is 5.73 Å². The molecular weight excluding hydrogens is 220 g/mol. The zero-order chi connectivity index (χ0) is 12.3. The Balaban J connectivity index is 2.24. The third-order valence-corrected chi connectivity index (χ3v) is 2.52. The van der Waals surface area contributed by atoms with Crippen molar-refractivity contribution in [1.29, 1.82) is 0 Å². The molecule has 2 aromatic rings. The quantitative estimate of drug-likeness (QED) is 0.595. The summed E-state index contributed by atoms with van der Waals surface area (Å²) in [6.45, 7) is 0.757. The molecule has 1 aromatic heterocycles. The molecule has 0 spiro atoms. The smallest absolute Gasteiger partial charge is 0.293 e. The molecule has 3 N–H and O–H groups in total. The lowest BCUT2D eigenvalue weighted by molar-refractivity contribution is -0.128. The largest absolute Gasteiger partial charge is 0.467 e. The maximum atomic E-state index is 11.0. The van der Waals surface area contributed by atoms with Crippen LogP contribution in [0.25, 0.3) is 10.9 Å². The van der Waals surface area contributed by atoms with E-state index in [0.29, 0.717) is 25.1 Å². The number of aromatic nitrogens is 1. The van der Waals surface area contributed by atoms with Crippen LogP contribution in [0.15, 0.2) is 24.3 Å². The van der Waals surface area contributed by atoms with Gasteiger partial charge in [-0.2, -0.15) is 0 Å². The third kappa shape index (κ3) is 2.44. The van der Waals surface area contributed by atoms with E-state index in [1.165, 1.54) is 0 Å². The minimum absolute atomic E-state index is 0.332. The zero-order valence-corrected chi connectivity index (χ0v) is 9.10. The molecule has 88 valence electrons. The number of carbonyl (C=O) groups is 2. The predicted octanol–water partition coefficient (Wildman–Crippen LogP) is 0.982. The standard InChI is InChI=1S/C12H12N2O3/c13-12(16)9-2-1-8-5-10(3-4-17-7-15)14-11(8)6-9/h1-2,5-7,14H,3-4H2,(H2,13,16). The number of hydrogen-bond acceptors (Lipinski definition) is 3. The van der Waals surface area contributed by atoms with Crippen molar-refractivity contribution in [1.82, 2.24) is 4.98 Å². The molecular formula is C12H12N2O3. The molecule has 1 heterocycles. The van der Waals surface area contributed by atoms with Crippen LogP contribution in [-0.4, -0.2) is 24.0 Å². The van der Waals surface area contributed by atoms with Crippen LogP contribution in [0, 0.1) is 0 Å². The second-order valence-corrected chi connectivity index (χ2v) is 3.68. The van der Waals surface area contributed by atoms with E-state index < -0.39 is 5.91 Å². The number of amides is 1. The second kappa shape index (κ2) is 4.69. The van der Waals surface area contributed by atoms with Gasteiger partial charge in [-0.15, -0.1) is 0 Å². The first-order valence-electron chi connectivity index (χ1n) is 5.17. The molecule has 0 fully saturated rings. The van der Waals surface area contributed by atoms with Gasteiger partial charge in [0.1, 0.15) is 0 Å². The van der Waals surface area contributed by atoms with Crippen molar-refractivity contribution in [3.05, 3.63) is 35.5 Å². The van der Waals surface area contributed by atoms with Gasteiger partial charge >= 0.3 is 0 Å².